The van der Waals surface area contributed by atoms with Gasteiger partial charge in [0.2, 0.25) is 11.8 Å². The van der Waals surface area contributed by atoms with Gasteiger partial charge < -0.3 is 20.1 Å². The molecular formula is C26H27N3O5S. The summed E-state index contributed by atoms with van der Waals surface area (Å²) in [6.45, 7) is 6.16. The first-order chi connectivity index (χ1) is 16.8. The highest BCUT2D eigenvalue weighted by atomic mass is 32.2. The van der Waals surface area contributed by atoms with E-state index in [1.807, 2.05) is 39.0 Å². The molecular weight excluding hydrogens is 466 g/mol. The predicted octanol–water partition coefficient (Wildman–Crippen LogP) is 3.81. The Kier molecular flexibility index (Phi) is 8.55. The van der Waals surface area contributed by atoms with Crippen LogP contribution in [-0.4, -0.2) is 37.3 Å². The Labute approximate surface area is 208 Å². The van der Waals surface area contributed by atoms with Crippen LogP contribution in [0.5, 0.6) is 5.75 Å². The first-order valence-electron chi connectivity index (χ1n) is 11.0. The Balaban J connectivity index is 1.90. The number of carbonyl (C=O) groups is 3. The third-order valence-electron chi connectivity index (χ3n) is 5.63. The van der Waals surface area contributed by atoms with Crippen molar-refractivity contribution in [2.24, 2.45) is 5.92 Å². The number of carbonyl (C=O) groups excluding carboxylic acids is 3. The molecule has 0 fully saturated rings. The molecule has 8 nitrogen and oxygen atoms in total. The zero-order valence-corrected chi connectivity index (χ0v) is 20.8. The highest BCUT2D eigenvalue weighted by Gasteiger charge is 2.44. The predicted molar refractivity (Wildman–Crippen MR) is 134 cm³/mol. The number of thioether (sulfide) groups is 1. The molecule has 0 saturated heterocycles. The smallest absolute Gasteiger partial charge is 0.319 e. The SMILES string of the molecule is CCOc1ccc(C2C(C#N)=C(SCC(=O)Nc3c(C)cccc3C)NC(=O)C2C(=O)OC)cc1. The number of nitrogens with one attached hydrogen (secondary N) is 2. The molecule has 3 rings (SSSR count). The molecule has 0 saturated carbocycles. The molecule has 0 spiro atoms. The average Bonchev–Trinajstić information content (AvgIpc) is 2.85. The van der Waals surface area contributed by atoms with Gasteiger partial charge in [-0.05, 0) is 49.6 Å². The zero-order valence-electron chi connectivity index (χ0n) is 20.0. The fourth-order valence-electron chi connectivity index (χ4n) is 3.94. The number of aryl methyl sites for hydroxylation is 2. The fraction of sp³-hybridized carbons (Fsp3) is 0.308. The van der Waals surface area contributed by atoms with E-state index in [9.17, 15) is 19.6 Å². The lowest BCUT2D eigenvalue weighted by Crippen LogP contribution is -2.44. The largest absolute Gasteiger partial charge is 0.494 e. The fourth-order valence-corrected chi connectivity index (χ4v) is 4.79. The Hall–Kier alpha value is -3.77. The third kappa shape index (κ3) is 5.84. The highest BCUT2D eigenvalue weighted by Crippen LogP contribution is 2.40. The Morgan fingerprint density at radius 2 is 1.80 bits per heavy atom. The first kappa shape index (κ1) is 25.8. The van der Waals surface area contributed by atoms with Gasteiger partial charge in [-0.2, -0.15) is 5.26 Å². The number of benzene rings is 2. The van der Waals surface area contributed by atoms with E-state index in [0.717, 1.165) is 28.6 Å². The van der Waals surface area contributed by atoms with Gasteiger partial charge in [0.1, 0.15) is 11.7 Å². The number of hydrogen-bond donors (Lipinski definition) is 2. The van der Waals surface area contributed by atoms with Crippen molar-refractivity contribution >= 4 is 35.2 Å². The van der Waals surface area contributed by atoms with Crippen molar-refractivity contribution in [1.29, 1.82) is 5.26 Å². The average molecular weight is 494 g/mol. The molecule has 0 aromatic heterocycles. The van der Waals surface area contributed by atoms with Crippen LogP contribution in [0.2, 0.25) is 0 Å². The van der Waals surface area contributed by atoms with Gasteiger partial charge in [0.15, 0.2) is 0 Å². The first-order valence-corrected chi connectivity index (χ1v) is 12.0. The monoisotopic (exact) mass is 493 g/mol. The van der Waals surface area contributed by atoms with Crippen LogP contribution in [0.3, 0.4) is 0 Å². The van der Waals surface area contributed by atoms with Crippen molar-refractivity contribution < 1.29 is 23.9 Å². The summed E-state index contributed by atoms with van der Waals surface area (Å²) in [6.07, 6.45) is 0. The van der Waals surface area contributed by atoms with Crippen molar-refractivity contribution in [3.8, 4) is 11.8 Å². The quantitative estimate of drug-likeness (QED) is 0.424. The Morgan fingerprint density at radius 1 is 1.14 bits per heavy atom. The van der Waals surface area contributed by atoms with Crippen molar-refractivity contribution in [2.45, 2.75) is 26.7 Å². The molecule has 2 aromatic rings. The van der Waals surface area contributed by atoms with E-state index in [-0.39, 0.29) is 22.3 Å². The van der Waals surface area contributed by atoms with Gasteiger partial charge in [0.25, 0.3) is 0 Å². The van der Waals surface area contributed by atoms with Crippen LogP contribution in [0.25, 0.3) is 0 Å². The highest BCUT2D eigenvalue weighted by molar-refractivity contribution is 8.03. The van der Waals surface area contributed by atoms with Gasteiger partial charge in [-0.1, -0.05) is 42.1 Å². The summed E-state index contributed by atoms with van der Waals surface area (Å²) < 4.78 is 10.3. The number of nitrogens with zero attached hydrogens (tertiary/aromatic N) is 1. The molecule has 2 unspecified atom stereocenters. The van der Waals surface area contributed by atoms with Gasteiger partial charge in [-0.3, -0.25) is 14.4 Å². The molecule has 9 heteroatoms. The topological polar surface area (TPSA) is 118 Å². The van der Waals surface area contributed by atoms with E-state index in [1.54, 1.807) is 24.3 Å². The summed E-state index contributed by atoms with van der Waals surface area (Å²) >= 11 is 1.04. The molecule has 0 bridgehead atoms. The zero-order chi connectivity index (χ0) is 25.5. The molecule has 2 N–H and O–H groups in total. The number of ether oxygens (including phenoxy) is 2. The maximum atomic E-state index is 13.0. The van der Waals surface area contributed by atoms with Gasteiger partial charge in [0.05, 0.1) is 36.1 Å². The van der Waals surface area contributed by atoms with Crippen LogP contribution >= 0.6 is 11.8 Å². The van der Waals surface area contributed by atoms with Crippen LogP contribution < -0.4 is 15.4 Å². The maximum Gasteiger partial charge on any atom is 0.319 e. The number of nitriles is 1. The molecule has 1 aliphatic heterocycles. The van der Waals surface area contributed by atoms with Gasteiger partial charge in [-0.15, -0.1) is 0 Å². The third-order valence-corrected chi connectivity index (χ3v) is 6.64. The minimum atomic E-state index is -1.24. The van der Waals surface area contributed by atoms with Gasteiger partial charge in [0, 0.05) is 11.6 Å². The summed E-state index contributed by atoms with van der Waals surface area (Å²) in [5, 5.41) is 15.8. The lowest BCUT2D eigenvalue weighted by atomic mass is 9.78. The van der Waals surface area contributed by atoms with E-state index in [4.69, 9.17) is 9.47 Å². The van der Waals surface area contributed by atoms with Crippen molar-refractivity contribution in [3.05, 3.63) is 69.8 Å². The van der Waals surface area contributed by atoms with Crippen LogP contribution in [0.15, 0.2) is 53.1 Å². The molecule has 2 atom stereocenters. The summed E-state index contributed by atoms with van der Waals surface area (Å²) in [7, 11) is 1.20. The molecule has 0 radical (unpaired) electrons. The summed E-state index contributed by atoms with van der Waals surface area (Å²) in [6, 6.07) is 14.7. The number of hydrogen-bond acceptors (Lipinski definition) is 7. The van der Waals surface area contributed by atoms with Crippen molar-refractivity contribution in [3.63, 3.8) is 0 Å². The molecule has 182 valence electrons. The number of allylic oxidation sites excluding steroid dienone is 1. The van der Waals surface area contributed by atoms with Gasteiger partial charge >= 0.3 is 5.97 Å². The normalized spacial score (nSPS) is 17.3. The Morgan fingerprint density at radius 3 is 2.37 bits per heavy atom. The number of methoxy groups -OCH3 is 1. The number of para-hydroxylation sites is 1. The molecule has 1 heterocycles. The van der Waals surface area contributed by atoms with E-state index < -0.39 is 23.7 Å². The van der Waals surface area contributed by atoms with Crippen LogP contribution in [-0.2, 0) is 19.1 Å². The minimum absolute atomic E-state index is 0.0343. The van der Waals surface area contributed by atoms with Crippen molar-refractivity contribution in [2.75, 3.05) is 24.8 Å². The lowest BCUT2D eigenvalue weighted by molar-refractivity contribution is -0.150. The van der Waals surface area contributed by atoms with E-state index in [2.05, 4.69) is 16.7 Å². The lowest BCUT2D eigenvalue weighted by Gasteiger charge is -2.31. The van der Waals surface area contributed by atoms with E-state index in [0.29, 0.717) is 17.9 Å². The second kappa shape index (κ2) is 11.6. The molecule has 2 aromatic carbocycles. The minimum Gasteiger partial charge on any atom is -0.494 e. The second-order valence-electron chi connectivity index (χ2n) is 7.93. The second-order valence-corrected chi connectivity index (χ2v) is 8.91. The molecule has 35 heavy (non-hydrogen) atoms. The maximum absolute atomic E-state index is 13.0. The standard InChI is InChI=1S/C26H27N3O5S/c1-5-34-18-11-9-17(10-12-18)21-19(13-27)25(29-24(31)22(21)26(32)33-4)35-14-20(30)28-23-15(2)7-6-8-16(23)3/h6-12,21-22H,5,14H2,1-4H3,(H,28,30)(H,29,31). The van der Waals surface area contributed by atoms with Gasteiger partial charge in [-0.25, -0.2) is 0 Å². The van der Waals surface area contributed by atoms with Crippen LogP contribution in [0, 0.1) is 31.1 Å². The summed E-state index contributed by atoms with van der Waals surface area (Å²) in [5.41, 5.74) is 3.38. The van der Waals surface area contributed by atoms with E-state index >= 15 is 0 Å². The molecule has 1 aliphatic rings. The van der Waals surface area contributed by atoms with Crippen LogP contribution in [0.1, 0.15) is 29.5 Å². The molecule has 0 aliphatic carbocycles. The Bertz CT molecular complexity index is 1180. The number of anilines is 1. The summed E-state index contributed by atoms with van der Waals surface area (Å²) in [4.78, 5) is 38.1. The number of amides is 2. The van der Waals surface area contributed by atoms with Crippen LogP contribution in [0.4, 0.5) is 5.69 Å². The summed E-state index contributed by atoms with van der Waals surface area (Å²) in [5.74, 6) is -3.11. The van der Waals surface area contributed by atoms with Crippen molar-refractivity contribution in [1.82, 2.24) is 5.32 Å². The molecule has 2 amide bonds. The number of rotatable bonds is 8. The number of esters is 1. The van der Waals surface area contributed by atoms with E-state index in [1.165, 1.54) is 7.11 Å².